The fourth-order valence-electron chi connectivity index (χ4n) is 1.70. The van der Waals surface area contributed by atoms with Gasteiger partial charge in [0.25, 0.3) is 5.91 Å². The van der Waals surface area contributed by atoms with Crippen LogP contribution in [0.3, 0.4) is 0 Å². The molecule has 0 atom stereocenters. The van der Waals surface area contributed by atoms with Crippen LogP contribution in [0.5, 0.6) is 0 Å². The van der Waals surface area contributed by atoms with Gasteiger partial charge in [-0.2, -0.15) is 0 Å². The van der Waals surface area contributed by atoms with Crippen LogP contribution in [-0.4, -0.2) is 46.3 Å². The Morgan fingerprint density at radius 3 is 2.82 bits per heavy atom. The molecule has 0 unspecified atom stereocenters. The fraction of sp³-hybridized carbons (Fsp3) is 0.455. The molecule has 0 radical (unpaired) electrons. The van der Waals surface area contributed by atoms with Crippen molar-refractivity contribution in [3.8, 4) is 0 Å². The predicted octanol–water partition coefficient (Wildman–Crippen LogP) is -0.315. The molecule has 2 amide bonds. The highest BCUT2D eigenvalue weighted by Gasteiger charge is 2.36. The number of amides is 2. The van der Waals surface area contributed by atoms with Crippen LogP contribution in [-0.2, 0) is 4.79 Å². The third-order valence-electron chi connectivity index (χ3n) is 2.67. The van der Waals surface area contributed by atoms with Gasteiger partial charge in [0, 0.05) is 32.0 Å². The average Bonchev–Trinajstić information content (AvgIpc) is 2.28. The predicted molar refractivity (Wildman–Crippen MR) is 60.1 cm³/mol. The lowest BCUT2D eigenvalue weighted by Gasteiger charge is -2.37. The summed E-state index contributed by atoms with van der Waals surface area (Å²) >= 11 is 0. The summed E-state index contributed by atoms with van der Waals surface area (Å²) in [7, 11) is 0. The quantitative estimate of drug-likeness (QED) is 0.778. The number of rotatable bonds is 3. The molecular formula is C11H14N4O2. The van der Waals surface area contributed by atoms with Gasteiger partial charge in [-0.3, -0.25) is 14.6 Å². The van der Waals surface area contributed by atoms with Crippen molar-refractivity contribution >= 4 is 11.8 Å². The number of nitrogens with one attached hydrogen (secondary N) is 1. The Morgan fingerprint density at radius 2 is 2.24 bits per heavy atom. The van der Waals surface area contributed by atoms with Gasteiger partial charge in [-0.1, -0.05) is 0 Å². The van der Waals surface area contributed by atoms with Crippen LogP contribution < -0.4 is 5.32 Å². The molecule has 2 rings (SSSR count). The highest BCUT2D eigenvalue weighted by molar-refractivity contribution is 5.94. The van der Waals surface area contributed by atoms with Crippen molar-refractivity contribution in [3.63, 3.8) is 0 Å². The molecule has 90 valence electrons. The van der Waals surface area contributed by atoms with Crippen LogP contribution in [0.1, 0.15) is 17.4 Å². The van der Waals surface area contributed by atoms with Crippen LogP contribution in [0, 0.1) is 5.92 Å². The molecule has 6 heteroatoms. The lowest BCUT2D eigenvalue weighted by Crippen LogP contribution is -2.55. The molecule has 2 heterocycles. The lowest BCUT2D eigenvalue weighted by molar-refractivity contribution is -0.128. The number of likely N-dealkylation sites (tertiary alicyclic amines) is 1. The summed E-state index contributed by atoms with van der Waals surface area (Å²) in [6.07, 6.45) is 4.43. The molecule has 0 spiro atoms. The largest absolute Gasteiger partial charge is 0.356 e. The third-order valence-corrected chi connectivity index (χ3v) is 2.67. The van der Waals surface area contributed by atoms with Gasteiger partial charge >= 0.3 is 0 Å². The summed E-state index contributed by atoms with van der Waals surface area (Å²) in [6, 6.07) is 0. The zero-order valence-electron chi connectivity index (χ0n) is 9.59. The van der Waals surface area contributed by atoms with Gasteiger partial charge in [0.2, 0.25) is 5.91 Å². The van der Waals surface area contributed by atoms with Gasteiger partial charge in [0.05, 0.1) is 12.1 Å². The van der Waals surface area contributed by atoms with E-state index in [-0.39, 0.29) is 17.7 Å². The Balaban J connectivity index is 1.88. The minimum atomic E-state index is -0.168. The second-order valence-electron chi connectivity index (χ2n) is 3.89. The van der Waals surface area contributed by atoms with Gasteiger partial charge in [-0.25, -0.2) is 4.98 Å². The molecule has 0 saturated carbocycles. The summed E-state index contributed by atoms with van der Waals surface area (Å²) in [4.78, 5) is 32.7. The molecule has 1 aromatic rings. The summed E-state index contributed by atoms with van der Waals surface area (Å²) in [6.45, 7) is 3.41. The van der Waals surface area contributed by atoms with E-state index in [0.717, 1.165) is 0 Å². The fourth-order valence-corrected chi connectivity index (χ4v) is 1.70. The summed E-state index contributed by atoms with van der Waals surface area (Å²) in [5.74, 6) is -0.245. The van der Waals surface area contributed by atoms with Crippen LogP contribution in [0.2, 0.25) is 0 Å². The first-order valence-corrected chi connectivity index (χ1v) is 5.55. The molecule has 1 aromatic heterocycles. The lowest BCUT2D eigenvalue weighted by atomic mass is 9.99. The molecule has 1 fully saturated rings. The van der Waals surface area contributed by atoms with E-state index in [2.05, 4.69) is 15.3 Å². The maximum atomic E-state index is 11.8. The smallest absolute Gasteiger partial charge is 0.274 e. The first-order valence-electron chi connectivity index (χ1n) is 5.55. The van der Waals surface area contributed by atoms with Crippen LogP contribution in [0.4, 0.5) is 0 Å². The summed E-state index contributed by atoms with van der Waals surface area (Å²) in [5, 5.41) is 2.74. The minimum Gasteiger partial charge on any atom is -0.356 e. The van der Waals surface area contributed by atoms with Crippen molar-refractivity contribution in [2.45, 2.75) is 6.92 Å². The molecule has 0 bridgehead atoms. The number of nitrogens with zero attached hydrogens (tertiary/aromatic N) is 3. The molecule has 1 N–H and O–H groups in total. The second-order valence-corrected chi connectivity index (χ2v) is 3.89. The third kappa shape index (κ3) is 2.41. The highest BCUT2D eigenvalue weighted by atomic mass is 16.2. The Morgan fingerprint density at radius 1 is 1.47 bits per heavy atom. The summed E-state index contributed by atoms with van der Waals surface area (Å²) in [5.41, 5.74) is 0.321. The minimum absolute atomic E-state index is 0.00990. The zero-order valence-corrected chi connectivity index (χ0v) is 9.59. The van der Waals surface area contributed by atoms with E-state index in [1.165, 1.54) is 18.6 Å². The monoisotopic (exact) mass is 234 g/mol. The number of hydrogen-bond acceptors (Lipinski definition) is 4. The normalized spacial score (nSPS) is 15.2. The van der Waals surface area contributed by atoms with E-state index in [0.29, 0.717) is 25.3 Å². The van der Waals surface area contributed by atoms with E-state index < -0.39 is 0 Å². The highest BCUT2D eigenvalue weighted by Crippen LogP contribution is 2.17. The van der Waals surface area contributed by atoms with Crippen molar-refractivity contribution in [1.82, 2.24) is 20.2 Å². The number of aromatic nitrogens is 2. The van der Waals surface area contributed by atoms with E-state index in [9.17, 15) is 9.59 Å². The van der Waals surface area contributed by atoms with Crippen molar-refractivity contribution in [2.24, 2.45) is 5.92 Å². The van der Waals surface area contributed by atoms with Gasteiger partial charge in [0.1, 0.15) is 5.69 Å². The number of carbonyl (C=O) groups excluding carboxylic acids is 2. The molecule has 0 aromatic carbocycles. The van der Waals surface area contributed by atoms with E-state index in [1.54, 1.807) is 4.90 Å². The molecule has 17 heavy (non-hydrogen) atoms. The van der Waals surface area contributed by atoms with Crippen LogP contribution >= 0.6 is 0 Å². The van der Waals surface area contributed by atoms with Crippen LogP contribution in [0.25, 0.3) is 0 Å². The SMILES string of the molecule is CCNC(=O)C1CN(C(=O)c2cnccn2)C1. The van der Waals surface area contributed by atoms with Crippen molar-refractivity contribution in [2.75, 3.05) is 19.6 Å². The van der Waals surface area contributed by atoms with Crippen molar-refractivity contribution in [1.29, 1.82) is 0 Å². The Kier molecular flexibility index (Phi) is 3.32. The van der Waals surface area contributed by atoms with Gasteiger partial charge in [0.15, 0.2) is 0 Å². The Labute approximate surface area is 99.1 Å². The number of hydrogen-bond donors (Lipinski definition) is 1. The number of carbonyl (C=O) groups is 2. The van der Waals surface area contributed by atoms with Gasteiger partial charge in [-0.05, 0) is 6.92 Å². The maximum absolute atomic E-state index is 11.8. The molecule has 0 aliphatic carbocycles. The summed E-state index contributed by atoms with van der Waals surface area (Å²) < 4.78 is 0. The average molecular weight is 234 g/mol. The van der Waals surface area contributed by atoms with E-state index in [4.69, 9.17) is 0 Å². The van der Waals surface area contributed by atoms with Gasteiger partial charge < -0.3 is 10.2 Å². The second kappa shape index (κ2) is 4.90. The first-order chi connectivity index (χ1) is 8.22. The topological polar surface area (TPSA) is 75.2 Å². The van der Waals surface area contributed by atoms with Gasteiger partial charge in [-0.15, -0.1) is 0 Å². The van der Waals surface area contributed by atoms with E-state index in [1.807, 2.05) is 6.92 Å². The van der Waals surface area contributed by atoms with Crippen molar-refractivity contribution in [3.05, 3.63) is 24.3 Å². The first kappa shape index (κ1) is 11.5. The van der Waals surface area contributed by atoms with E-state index >= 15 is 0 Å². The Hall–Kier alpha value is -1.98. The van der Waals surface area contributed by atoms with Crippen molar-refractivity contribution < 1.29 is 9.59 Å². The molecule has 1 aliphatic rings. The molecule has 1 aliphatic heterocycles. The van der Waals surface area contributed by atoms with Crippen LogP contribution in [0.15, 0.2) is 18.6 Å². The zero-order chi connectivity index (χ0) is 12.3. The standard InChI is InChI=1S/C11H14N4O2/c1-2-13-10(16)8-6-15(7-8)11(17)9-5-12-3-4-14-9/h3-5,8H,2,6-7H2,1H3,(H,13,16). The molecule has 6 nitrogen and oxygen atoms in total. The maximum Gasteiger partial charge on any atom is 0.274 e. The Bertz CT molecular complexity index is 415. The molecular weight excluding hydrogens is 220 g/mol. The molecule has 1 saturated heterocycles.